The molecule has 3 aliphatic heterocycles. The van der Waals surface area contributed by atoms with Crippen molar-refractivity contribution in [2.75, 3.05) is 31.5 Å². The Morgan fingerprint density at radius 2 is 1.93 bits per heavy atom. The van der Waals surface area contributed by atoms with Crippen LogP contribution in [0.2, 0.25) is 0 Å². The molecule has 11 heteroatoms. The number of rotatable bonds is 7. The Bertz CT molecular complexity index is 1600. The number of hydrogen-bond donors (Lipinski definition) is 2. The number of piperazine rings is 1. The summed E-state index contributed by atoms with van der Waals surface area (Å²) in [4.78, 5) is 40.1. The van der Waals surface area contributed by atoms with E-state index in [0.717, 1.165) is 63.4 Å². The van der Waals surface area contributed by atoms with Gasteiger partial charge in [-0.3, -0.25) is 19.8 Å². The number of benzene rings is 2. The second-order valence-electron chi connectivity index (χ2n) is 10.7. The third-order valence-electron chi connectivity index (χ3n) is 8.19. The molecule has 0 bridgehead atoms. The standard InChI is InChI=1S/C30H30FN7O2S/c31-24-15-21(20-5-3-19(4-6-20)16-36-11-7-32-8-12-36)14-22-23(24)17-38(29(22)40)27(28(39)35-30-33-9-13-41-30)26-25-2-1-10-37(25)18-34-26/h3-6,9,13-15,18,27,32H,1-2,7-8,10-12,16-17H2,(H,33,35,39). The molecule has 2 aromatic carbocycles. The van der Waals surface area contributed by atoms with Gasteiger partial charge < -0.3 is 14.8 Å². The van der Waals surface area contributed by atoms with Gasteiger partial charge >= 0.3 is 0 Å². The molecule has 1 unspecified atom stereocenters. The van der Waals surface area contributed by atoms with Gasteiger partial charge in [-0.25, -0.2) is 14.4 Å². The highest BCUT2D eigenvalue weighted by Crippen LogP contribution is 2.38. The lowest BCUT2D eigenvalue weighted by atomic mass is 9.99. The van der Waals surface area contributed by atoms with Gasteiger partial charge in [-0.2, -0.15) is 0 Å². The van der Waals surface area contributed by atoms with Gasteiger partial charge in [-0.15, -0.1) is 11.3 Å². The molecule has 1 fully saturated rings. The summed E-state index contributed by atoms with van der Waals surface area (Å²) < 4.78 is 17.6. The van der Waals surface area contributed by atoms with E-state index in [2.05, 4.69) is 37.6 Å². The Labute approximate surface area is 241 Å². The minimum atomic E-state index is -1.000. The number of carbonyl (C=O) groups is 2. The molecule has 0 aliphatic carbocycles. The van der Waals surface area contributed by atoms with Gasteiger partial charge in [0.1, 0.15) is 5.82 Å². The van der Waals surface area contributed by atoms with E-state index < -0.39 is 17.8 Å². The number of anilines is 1. The van der Waals surface area contributed by atoms with Gasteiger partial charge in [0.15, 0.2) is 11.2 Å². The van der Waals surface area contributed by atoms with Crippen molar-refractivity contribution in [1.82, 2.24) is 29.7 Å². The van der Waals surface area contributed by atoms with E-state index in [9.17, 15) is 9.59 Å². The summed E-state index contributed by atoms with van der Waals surface area (Å²) in [5.41, 5.74) is 4.74. The van der Waals surface area contributed by atoms with E-state index in [-0.39, 0.29) is 18.0 Å². The SMILES string of the molecule is O=C(Nc1nccs1)C(c1ncn2c1CCC2)N1Cc2c(F)cc(-c3ccc(CN4CCNCC4)cc3)cc2C1=O. The number of aromatic nitrogens is 3. The smallest absolute Gasteiger partial charge is 0.255 e. The van der Waals surface area contributed by atoms with Gasteiger partial charge in [0.25, 0.3) is 11.8 Å². The topological polar surface area (TPSA) is 95.4 Å². The molecule has 0 spiro atoms. The van der Waals surface area contributed by atoms with E-state index in [1.807, 2.05) is 16.7 Å². The van der Waals surface area contributed by atoms with Crippen molar-refractivity contribution >= 4 is 28.3 Å². The van der Waals surface area contributed by atoms with Crippen molar-refractivity contribution in [1.29, 1.82) is 0 Å². The average molecular weight is 572 g/mol. The fourth-order valence-electron chi connectivity index (χ4n) is 6.10. The lowest BCUT2D eigenvalue weighted by Crippen LogP contribution is -2.42. The second kappa shape index (κ2) is 10.8. The molecule has 0 radical (unpaired) electrons. The third kappa shape index (κ3) is 4.94. The zero-order valence-corrected chi connectivity index (χ0v) is 23.3. The number of hydrogen-bond acceptors (Lipinski definition) is 7. The Kier molecular flexibility index (Phi) is 6.85. The minimum absolute atomic E-state index is 0.00777. The highest BCUT2D eigenvalue weighted by atomic mass is 32.1. The third-order valence-corrected chi connectivity index (χ3v) is 8.88. The molecule has 4 aromatic rings. The first kappa shape index (κ1) is 26.0. The maximum atomic E-state index is 15.6. The van der Waals surface area contributed by atoms with E-state index in [1.165, 1.54) is 27.9 Å². The average Bonchev–Trinajstić information content (AvgIpc) is 3.78. The zero-order valence-electron chi connectivity index (χ0n) is 22.5. The van der Waals surface area contributed by atoms with Gasteiger partial charge in [-0.05, 0) is 41.7 Å². The predicted octanol–water partition coefficient (Wildman–Crippen LogP) is 3.83. The number of halogens is 1. The Balaban J connectivity index is 1.17. The van der Waals surface area contributed by atoms with Crippen LogP contribution in [0.25, 0.3) is 11.1 Å². The fourth-order valence-corrected chi connectivity index (χ4v) is 6.63. The molecule has 1 atom stereocenters. The van der Waals surface area contributed by atoms with Gasteiger partial charge in [0.05, 0.1) is 18.6 Å². The number of nitrogens with one attached hydrogen (secondary N) is 2. The predicted molar refractivity (Wildman–Crippen MR) is 154 cm³/mol. The summed E-state index contributed by atoms with van der Waals surface area (Å²) >= 11 is 1.30. The number of amides is 2. The minimum Gasteiger partial charge on any atom is -0.334 e. The Morgan fingerprint density at radius 1 is 1.10 bits per heavy atom. The first-order valence-electron chi connectivity index (χ1n) is 13.9. The fraction of sp³-hybridized carbons (Fsp3) is 0.333. The molecule has 41 heavy (non-hydrogen) atoms. The number of thiazole rings is 1. The van der Waals surface area contributed by atoms with Crippen LogP contribution in [0.15, 0.2) is 54.3 Å². The summed E-state index contributed by atoms with van der Waals surface area (Å²) in [6.07, 6.45) is 5.05. The Morgan fingerprint density at radius 3 is 2.71 bits per heavy atom. The van der Waals surface area contributed by atoms with Crippen molar-refractivity contribution < 1.29 is 14.0 Å². The maximum Gasteiger partial charge on any atom is 0.255 e. The normalized spacial score (nSPS) is 17.5. The quantitative estimate of drug-likeness (QED) is 0.350. The highest BCUT2D eigenvalue weighted by Gasteiger charge is 2.42. The van der Waals surface area contributed by atoms with Crippen LogP contribution in [-0.2, 0) is 30.8 Å². The van der Waals surface area contributed by atoms with E-state index in [0.29, 0.717) is 22.0 Å². The molecular weight excluding hydrogens is 541 g/mol. The number of nitrogens with zero attached hydrogens (tertiary/aromatic N) is 5. The van der Waals surface area contributed by atoms with E-state index in [1.54, 1.807) is 24.0 Å². The van der Waals surface area contributed by atoms with Crippen molar-refractivity contribution in [2.24, 2.45) is 0 Å². The van der Waals surface area contributed by atoms with Crippen LogP contribution in [-0.4, -0.2) is 62.3 Å². The van der Waals surface area contributed by atoms with E-state index in [4.69, 9.17) is 0 Å². The van der Waals surface area contributed by atoms with Crippen LogP contribution < -0.4 is 10.6 Å². The zero-order chi connectivity index (χ0) is 27.9. The summed E-state index contributed by atoms with van der Waals surface area (Å²) in [6, 6.07) is 10.3. The van der Waals surface area contributed by atoms with Crippen molar-refractivity contribution in [3.8, 4) is 11.1 Å². The monoisotopic (exact) mass is 571 g/mol. The summed E-state index contributed by atoms with van der Waals surface area (Å²) in [6.45, 7) is 5.70. The lowest BCUT2D eigenvalue weighted by Gasteiger charge is -2.27. The Hall–Kier alpha value is -3.93. The number of imidazole rings is 1. The second-order valence-corrected chi connectivity index (χ2v) is 11.6. The van der Waals surface area contributed by atoms with Crippen LogP contribution in [0, 0.1) is 5.82 Å². The largest absolute Gasteiger partial charge is 0.334 e. The number of carbonyl (C=O) groups excluding carboxylic acids is 2. The van der Waals surface area contributed by atoms with Crippen molar-refractivity contribution in [2.45, 2.75) is 38.5 Å². The molecule has 2 amide bonds. The molecule has 2 N–H and O–H groups in total. The first-order valence-corrected chi connectivity index (χ1v) is 14.8. The van der Waals surface area contributed by atoms with Crippen LogP contribution in [0.4, 0.5) is 9.52 Å². The van der Waals surface area contributed by atoms with Gasteiger partial charge in [0.2, 0.25) is 0 Å². The first-order chi connectivity index (χ1) is 20.0. The van der Waals surface area contributed by atoms with Crippen LogP contribution >= 0.6 is 11.3 Å². The van der Waals surface area contributed by atoms with Crippen molar-refractivity contribution in [3.63, 3.8) is 0 Å². The van der Waals surface area contributed by atoms with Crippen LogP contribution in [0.5, 0.6) is 0 Å². The summed E-state index contributed by atoms with van der Waals surface area (Å²) in [5.74, 6) is -1.24. The van der Waals surface area contributed by atoms with Crippen LogP contribution in [0.3, 0.4) is 0 Å². The molecule has 210 valence electrons. The lowest BCUT2D eigenvalue weighted by molar-refractivity contribution is -0.121. The molecule has 2 aromatic heterocycles. The van der Waals surface area contributed by atoms with E-state index >= 15 is 4.39 Å². The molecular formula is C30H30FN7O2S. The summed E-state index contributed by atoms with van der Waals surface area (Å²) in [7, 11) is 0. The molecule has 9 nitrogen and oxygen atoms in total. The van der Waals surface area contributed by atoms with Crippen LogP contribution in [0.1, 0.15) is 45.3 Å². The van der Waals surface area contributed by atoms with Gasteiger partial charge in [-0.1, -0.05) is 24.3 Å². The van der Waals surface area contributed by atoms with Gasteiger partial charge in [0, 0.05) is 67.7 Å². The maximum absolute atomic E-state index is 15.6. The molecule has 3 aliphatic rings. The van der Waals surface area contributed by atoms with Crippen molar-refractivity contribution in [3.05, 3.63) is 88.2 Å². The molecule has 5 heterocycles. The highest BCUT2D eigenvalue weighted by molar-refractivity contribution is 7.13. The summed E-state index contributed by atoms with van der Waals surface area (Å²) in [5, 5.41) is 8.41. The molecule has 1 saturated heterocycles. The number of aryl methyl sites for hydroxylation is 1. The number of fused-ring (bicyclic) bond motifs is 2. The molecule has 7 rings (SSSR count). The molecule has 0 saturated carbocycles.